The SMILES string of the molecule is CO[C@H]1[C@H](CCc2ccccc2)C[C@@H]1C. The van der Waals surface area contributed by atoms with Gasteiger partial charge >= 0.3 is 0 Å². The summed E-state index contributed by atoms with van der Waals surface area (Å²) in [7, 11) is 1.84. The fourth-order valence-corrected chi connectivity index (χ4v) is 2.72. The van der Waals surface area contributed by atoms with E-state index >= 15 is 0 Å². The first-order chi connectivity index (χ1) is 7.31. The molecule has 2 rings (SSSR count). The lowest BCUT2D eigenvalue weighted by atomic mass is 9.70. The smallest absolute Gasteiger partial charge is 0.0625 e. The van der Waals surface area contributed by atoms with Crippen LogP contribution in [0.25, 0.3) is 0 Å². The zero-order chi connectivity index (χ0) is 10.7. The van der Waals surface area contributed by atoms with Crippen molar-refractivity contribution in [3.05, 3.63) is 35.9 Å². The Morgan fingerprint density at radius 3 is 2.60 bits per heavy atom. The molecule has 1 aliphatic carbocycles. The van der Waals surface area contributed by atoms with E-state index < -0.39 is 0 Å². The molecule has 3 atom stereocenters. The normalized spacial score (nSPS) is 29.9. The first-order valence-electron chi connectivity index (χ1n) is 5.88. The summed E-state index contributed by atoms with van der Waals surface area (Å²) in [6, 6.07) is 10.7. The fourth-order valence-electron chi connectivity index (χ4n) is 2.72. The van der Waals surface area contributed by atoms with Crippen LogP contribution in [0.2, 0.25) is 0 Å². The molecule has 0 radical (unpaired) electrons. The summed E-state index contributed by atoms with van der Waals surface area (Å²) in [5, 5.41) is 0. The zero-order valence-corrected chi connectivity index (χ0v) is 9.65. The highest BCUT2D eigenvalue weighted by atomic mass is 16.5. The molecule has 0 bridgehead atoms. The van der Waals surface area contributed by atoms with E-state index in [0.717, 1.165) is 11.8 Å². The number of hydrogen-bond donors (Lipinski definition) is 0. The van der Waals surface area contributed by atoms with E-state index in [4.69, 9.17) is 4.74 Å². The molecule has 1 aromatic rings. The van der Waals surface area contributed by atoms with Gasteiger partial charge in [0, 0.05) is 7.11 Å². The van der Waals surface area contributed by atoms with Gasteiger partial charge in [0.1, 0.15) is 0 Å². The number of aryl methyl sites for hydroxylation is 1. The number of ether oxygens (including phenoxy) is 1. The molecule has 1 fully saturated rings. The maximum Gasteiger partial charge on any atom is 0.0625 e. The van der Waals surface area contributed by atoms with Crippen molar-refractivity contribution in [3.63, 3.8) is 0 Å². The molecule has 0 unspecified atom stereocenters. The Balaban J connectivity index is 1.80. The van der Waals surface area contributed by atoms with Crippen molar-refractivity contribution in [2.45, 2.75) is 32.3 Å². The fraction of sp³-hybridized carbons (Fsp3) is 0.571. The predicted molar refractivity (Wildman–Crippen MR) is 62.8 cm³/mol. The van der Waals surface area contributed by atoms with Crippen molar-refractivity contribution in [2.24, 2.45) is 11.8 Å². The molecule has 0 aromatic heterocycles. The van der Waals surface area contributed by atoms with Crippen LogP contribution in [-0.4, -0.2) is 13.2 Å². The second-order valence-corrected chi connectivity index (χ2v) is 4.70. The Kier molecular flexibility index (Phi) is 3.42. The van der Waals surface area contributed by atoms with Crippen LogP contribution in [0, 0.1) is 11.8 Å². The van der Waals surface area contributed by atoms with E-state index in [-0.39, 0.29) is 0 Å². The molecule has 15 heavy (non-hydrogen) atoms. The predicted octanol–water partition coefficient (Wildman–Crippen LogP) is 3.29. The van der Waals surface area contributed by atoms with Gasteiger partial charge in [0.05, 0.1) is 6.10 Å². The number of benzene rings is 1. The van der Waals surface area contributed by atoms with E-state index in [0.29, 0.717) is 6.10 Å². The monoisotopic (exact) mass is 204 g/mol. The molecule has 0 spiro atoms. The van der Waals surface area contributed by atoms with Crippen molar-refractivity contribution in [3.8, 4) is 0 Å². The third-order valence-corrected chi connectivity index (χ3v) is 3.62. The molecule has 0 heterocycles. The molecule has 82 valence electrons. The van der Waals surface area contributed by atoms with Crippen molar-refractivity contribution in [1.29, 1.82) is 0 Å². The summed E-state index contributed by atoms with van der Waals surface area (Å²) in [6.45, 7) is 2.28. The van der Waals surface area contributed by atoms with Gasteiger partial charge in [-0.3, -0.25) is 0 Å². The van der Waals surface area contributed by atoms with Gasteiger partial charge in [0.25, 0.3) is 0 Å². The van der Waals surface area contributed by atoms with Gasteiger partial charge < -0.3 is 4.74 Å². The third-order valence-electron chi connectivity index (χ3n) is 3.62. The van der Waals surface area contributed by atoms with Gasteiger partial charge in [-0.1, -0.05) is 37.3 Å². The summed E-state index contributed by atoms with van der Waals surface area (Å²) in [5.41, 5.74) is 1.45. The summed E-state index contributed by atoms with van der Waals surface area (Å²) >= 11 is 0. The summed E-state index contributed by atoms with van der Waals surface area (Å²) in [6.07, 6.45) is 4.31. The van der Waals surface area contributed by atoms with Crippen molar-refractivity contribution in [1.82, 2.24) is 0 Å². The van der Waals surface area contributed by atoms with Gasteiger partial charge in [-0.25, -0.2) is 0 Å². The lowest BCUT2D eigenvalue weighted by Crippen LogP contribution is -2.41. The van der Waals surface area contributed by atoms with Crippen molar-refractivity contribution >= 4 is 0 Å². The molecule has 1 saturated carbocycles. The summed E-state index contributed by atoms with van der Waals surface area (Å²) in [4.78, 5) is 0. The second kappa shape index (κ2) is 4.80. The zero-order valence-electron chi connectivity index (χ0n) is 9.65. The average molecular weight is 204 g/mol. The van der Waals surface area contributed by atoms with E-state index in [2.05, 4.69) is 37.3 Å². The molecule has 1 heteroatoms. The average Bonchev–Trinajstić information content (AvgIpc) is 2.26. The van der Waals surface area contributed by atoms with Gasteiger partial charge in [-0.2, -0.15) is 0 Å². The highest BCUT2D eigenvalue weighted by molar-refractivity contribution is 5.14. The maximum atomic E-state index is 5.50. The van der Waals surface area contributed by atoms with E-state index in [1.54, 1.807) is 0 Å². The molecule has 0 saturated heterocycles. The van der Waals surface area contributed by atoms with Crippen LogP contribution in [0.15, 0.2) is 30.3 Å². The Morgan fingerprint density at radius 2 is 2.00 bits per heavy atom. The van der Waals surface area contributed by atoms with Crippen LogP contribution < -0.4 is 0 Å². The van der Waals surface area contributed by atoms with E-state index in [9.17, 15) is 0 Å². The molecule has 1 nitrogen and oxygen atoms in total. The Labute approximate surface area is 92.5 Å². The minimum absolute atomic E-state index is 0.508. The van der Waals surface area contributed by atoms with Gasteiger partial charge in [0.15, 0.2) is 0 Å². The van der Waals surface area contributed by atoms with Crippen LogP contribution in [0.4, 0.5) is 0 Å². The van der Waals surface area contributed by atoms with Crippen LogP contribution in [0.3, 0.4) is 0 Å². The highest BCUT2D eigenvalue weighted by Gasteiger charge is 2.37. The van der Waals surface area contributed by atoms with Gasteiger partial charge in [-0.15, -0.1) is 0 Å². The van der Waals surface area contributed by atoms with E-state index in [1.807, 2.05) is 7.11 Å². The molecule has 1 aromatic carbocycles. The van der Waals surface area contributed by atoms with Crippen LogP contribution in [-0.2, 0) is 11.2 Å². The lowest BCUT2D eigenvalue weighted by molar-refractivity contribution is -0.0670. The van der Waals surface area contributed by atoms with Crippen LogP contribution in [0.1, 0.15) is 25.3 Å². The standard InChI is InChI=1S/C14H20O/c1-11-10-13(14(11)15-2)9-8-12-6-4-3-5-7-12/h3-7,11,13-14H,8-10H2,1-2H3/t11-,13+,14+/m0/s1. The van der Waals surface area contributed by atoms with E-state index in [1.165, 1.54) is 24.8 Å². The minimum atomic E-state index is 0.508. The third kappa shape index (κ3) is 2.40. The number of methoxy groups -OCH3 is 1. The molecular formula is C14H20O. The molecule has 0 amide bonds. The van der Waals surface area contributed by atoms with Crippen molar-refractivity contribution in [2.75, 3.05) is 7.11 Å². The first-order valence-corrected chi connectivity index (χ1v) is 5.88. The van der Waals surface area contributed by atoms with Gasteiger partial charge in [-0.05, 0) is 36.7 Å². The quantitative estimate of drug-likeness (QED) is 0.731. The molecular weight excluding hydrogens is 184 g/mol. The Morgan fingerprint density at radius 1 is 1.27 bits per heavy atom. The minimum Gasteiger partial charge on any atom is -0.381 e. The topological polar surface area (TPSA) is 9.23 Å². The number of hydrogen-bond acceptors (Lipinski definition) is 1. The largest absolute Gasteiger partial charge is 0.381 e. The first kappa shape index (κ1) is 10.7. The Hall–Kier alpha value is -0.820. The highest BCUT2D eigenvalue weighted by Crippen LogP contribution is 2.38. The van der Waals surface area contributed by atoms with Gasteiger partial charge in [0.2, 0.25) is 0 Å². The molecule has 1 aliphatic rings. The Bertz CT molecular complexity index is 293. The summed E-state index contributed by atoms with van der Waals surface area (Å²) < 4.78 is 5.50. The lowest BCUT2D eigenvalue weighted by Gasteiger charge is -2.42. The molecule has 0 N–H and O–H groups in total. The molecule has 0 aliphatic heterocycles. The number of rotatable bonds is 4. The second-order valence-electron chi connectivity index (χ2n) is 4.70. The summed E-state index contributed by atoms with van der Waals surface area (Å²) in [5.74, 6) is 1.54. The van der Waals surface area contributed by atoms with Crippen LogP contribution in [0.5, 0.6) is 0 Å². The van der Waals surface area contributed by atoms with Crippen LogP contribution >= 0.6 is 0 Å². The maximum absolute atomic E-state index is 5.50. The van der Waals surface area contributed by atoms with Crippen molar-refractivity contribution < 1.29 is 4.74 Å².